The first-order valence-electron chi connectivity index (χ1n) is 10.6. The number of para-hydroxylation sites is 1. The Morgan fingerprint density at radius 2 is 1.69 bits per heavy atom. The maximum Gasteiger partial charge on any atom is 0.256 e. The fourth-order valence-electron chi connectivity index (χ4n) is 4.00. The molecule has 0 aliphatic rings. The van der Waals surface area contributed by atoms with Crippen LogP contribution < -0.4 is 0 Å². The van der Waals surface area contributed by atoms with E-state index in [1.807, 2.05) is 71.8 Å². The lowest BCUT2D eigenvalue weighted by Gasteiger charge is -2.21. The molecule has 3 heterocycles. The Hall–Kier alpha value is -4.12. The number of fused-ring (bicyclic) bond motifs is 1. The standard InChI is InChI=1S/C27H23N3O2/c31-27(30(19-23-11-7-15-32-23)18-22-10-6-14-28-16-22)25-20-29(17-21-8-2-1-3-9-21)26-13-5-4-12-24(25)26/h1-16,20H,17-19H2. The Balaban J connectivity index is 1.52. The van der Waals surface area contributed by atoms with Crippen LogP contribution >= 0.6 is 0 Å². The molecule has 32 heavy (non-hydrogen) atoms. The van der Waals surface area contributed by atoms with Crippen LogP contribution in [0.15, 0.2) is 108 Å². The van der Waals surface area contributed by atoms with Crippen molar-refractivity contribution in [1.29, 1.82) is 0 Å². The summed E-state index contributed by atoms with van der Waals surface area (Å²) in [5.41, 5.74) is 3.89. The van der Waals surface area contributed by atoms with Crippen molar-refractivity contribution < 1.29 is 9.21 Å². The summed E-state index contributed by atoms with van der Waals surface area (Å²) in [6.45, 7) is 1.54. The molecule has 3 aromatic heterocycles. The maximum absolute atomic E-state index is 13.8. The van der Waals surface area contributed by atoms with Gasteiger partial charge in [-0.2, -0.15) is 0 Å². The highest BCUT2D eigenvalue weighted by atomic mass is 16.3. The topological polar surface area (TPSA) is 51.3 Å². The number of hydrogen-bond donors (Lipinski definition) is 0. The molecule has 0 N–H and O–H groups in total. The van der Waals surface area contributed by atoms with Crippen LogP contribution in [0.1, 0.15) is 27.2 Å². The first-order valence-corrected chi connectivity index (χ1v) is 10.6. The van der Waals surface area contributed by atoms with E-state index in [4.69, 9.17) is 4.42 Å². The van der Waals surface area contributed by atoms with E-state index in [0.29, 0.717) is 25.2 Å². The van der Waals surface area contributed by atoms with E-state index >= 15 is 0 Å². The van der Waals surface area contributed by atoms with Gasteiger partial charge in [0.1, 0.15) is 5.76 Å². The lowest BCUT2D eigenvalue weighted by Crippen LogP contribution is -2.30. The number of pyridine rings is 1. The molecular formula is C27H23N3O2. The fourth-order valence-corrected chi connectivity index (χ4v) is 4.00. The normalized spacial score (nSPS) is 11.0. The molecule has 0 aliphatic carbocycles. The number of rotatable bonds is 7. The highest BCUT2D eigenvalue weighted by molar-refractivity contribution is 6.07. The average Bonchev–Trinajstić information content (AvgIpc) is 3.48. The van der Waals surface area contributed by atoms with Gasteiger partial charge in [0.05, 0.1) is 18.4 Å². The smallest absolute Gasteiger partial charge is 0.256 e. The molecule has 5 nitrogen and oxygen atoms in total. The lowest BCUT2D eigenvalue weighted by atomic mass is 10.1. The number of carbonyl (C=O) groups is 1. The molecule has 0 saturated carbocycles. The zero-order valence-electron chi connectivity index (χ0n) is 17.6. The molecule has 0 saturated heterocycles. The Morgan fingerprint density at radius 3 is 2.47 bits per heavy atom. The predicted octanol–water partition coefficient (Wildman–Crippen LogP) is 5.52. The Labute approximate surface area is 186 Å². The number of carbonyl (C=O) groups excluding carboxylic acids is 1. The van der Waals surface area contributed by atoms with Gasteiger partial charge in [0.15, 0.2) is 0 Å². The van der Waals surface area contributed by atoms with Crippen LogP contribution in [-0.4, -0.2) is 20.4 Å². The Morgan fingerprint density at radius 1 is 0.875 bits per heavy atom. The van der Waals surface area contributed by atoms with Crippen LogP contribution in [-0.2, 0) is 19.6 Å². The van der Waals surface area contributed by atoms with Crippen LogP contribution in [0.4, 0.5) is 0 Å². The number of aromatic nitrogens is 2. The van der Waals surface area contributed by atoms with Crippen molar-refractivity contribution in [2.45, 2.75) is 19.6 Å². The number of nitrogens with zero attached hydrogens (tertiary/aromatic N) is 3. The van der Waals surface area contributed by atoms with E-state index in [2.05, 4.69) is 27.8 Å². The molecule has 5 rings (SSSR count). The first-order chi connectivity index (χ1) is 15.8. The van der Waals surface area contributed by atoms with Crippen molar-refractivity contribution in [3.63, 3.8) is 0 Å². The molecule has 0 spiro atoms. The van der Waals surface area contributed by atoms with E-state index in [9.17, 15) is 4.79 Å². The SMILES string of the molecule is O=C(c1cn(Cc2ccccc2)c2ccccc12)N(Cc1cccnc1)Cc1ccco1. The summed E-state index contributed by atoms with van der Waals surface area (Å²) in [5, 5.41) is 0.948. The third kappa shape index (κ3) is 4.18. The van der Waals surface area contributed by atoms with E-state index in [-0.39, 0.29) is 5.91 Å². The summed E-state index contributed by atoms with van der Waals surface area (Å²) in [5.74, 6) is 0.712. The number of hydrogen-bond acceptors (Lipinski definition) is 3. The molecule has 0 aliphatic heterocycles. The van der Waals surface area contributed by atoms with Crippen molar-refractivity contribution >= 4 is 16.8 Å². The molecule has 5 heteroatoms. The zero-order valence-corrected chi connectivity index (χ0v) is 17.6. The minimum absolute atomic E-state index is 0.0340. The molecule has 1 amide bonds. The highest BCUT2D eigenvalue weighted by Crippen LogP contribution is 2.25. The predicted molar refractivity (Wildman–Crippen MR) is 124 cm³/mol. The van der Waals surface area contributed by atoms with Gasteiger partial charge in [0.25, 0.3) is 5.91 Å². The second kappa shape index (κ2) is 8.94. The minimum Gasteiger partial charge on any atom is -0.467 e. The van der Waals surface area contributed by atoms with Gasteiger partial charge in [-0.25, -0.2) is 0 Å². The van der Waals surface area contributed by atoms with Crippen molar-refractivity contribution in [2.75, 3.05) is 0 Å². The van der Waals surface area contributed by atoms with E-state index in [1.54, 1.807) is 18.7 Å². The largest absolute Gasteiger partial charge is 0.467 e. The average molecular weight is 422 g/mol. The summed E-state index contributed by atoms with van der Waals surface area (Å²) in [6.07, 6.45) is 7.13. The molecule has 158 valence electrons. The first kappa shape index (κ1) is 19.8. The quantitative estimate of drug-likeness (QED) is 0.348. The summed E-state index contributed by atoms with van der Waals surface area (Å²) >= 11 is 0. The number of benzene rings is 2. The van der Waals surface area contributed by atoms with Gasteiger partial charge >= 0.3 is 0 Å². The van der Waals surface area contributed by atoms with Crippen molar-refractivity contribution in [1.82, 2.24) is 14.5 Å². The number of amides is 1. The van der Waals surface area contributed by atoms with Crippen molar-refractivity contribution in [3.05, 3.63) is 126 Å². The molecule has 0 fully saturated rings. The van der Waals surface area contributed by atoms with Crippen LogP contribution in [0.5, 0.6) is 0 Å². The third-order valence-electron chi connectivity index (χ3n) is 5.52. The van der Waals surface area contributed by atoms with Crippen molar-refractivity contribution in [2.24, 2.45) is 0 Å². The maximum atomic E-state index is 13.8. The highest BCUT2D eigenvalue weighted by Gasteiger charge is 2.22. The fraction of sp³-hybridized carbons (Fsp3) is 0.111. The van der Waals surface area contributed by atoms with Gasteiger partial charge < -0.3 is 13.9 Å². The molecule has 5 aromatic rings. The summed E-state index contributed by atoms with van der Waals surface area (Å²) in [7, 11) is 0. The summed E-state index contributed by atoms with van der Waals surface area (Å²) < 4.78 is 7.69. The molecular weight excluding hydrogens is 398 g/mol. The second-order valence-corrected chi connectivity index (χ2v) is 7.78. The number of furan rings is 1. The van der Waals surface area contributed by atoms with Crippen LogP contribution in [0.3, 0.4) is 0 Å². The van der Waals surface area contributed by atoms with Crippen LogP contribution in [0.2, 0.25) is 0 Å². The molecule has 0 unspecified atom stereocenters. The van der Waals surface area contributed by atoms with Gasteiger partial charge in [-0.1, -0.05) is 54.6 Å². The van der Waals surface area contributed by atoms with Crippen LogP contribution in [0.25, 0.3) is 10.9 Å². The summed E-state index contributed by atoms with van der Waals surface area (Å²) in [4.78, 5) is 19.8. The monoisotopic (exact) mass is 421 g/mol. The van der Waals surface area contributed by atoms with E-state index in [1.165, 1.54) is 5.56 Å². The molecule has 0 bridgehead atoms. The molecule has 0 atom stereocenters. The molecule has 2 aromatic carbocycles. The van der Waals surface area contributed by atoms with Gasteiger partial charge in [-0.05, 0) is 35.4 Å². The van der Waals surface area contributed by atoms with E-state index in [0.717, 1.165) is 22.2 Å². The Kier molecular flexibility index (Phi) is 5.54. The van der Waals surface area contributed by atoms with Gasteiger partial charge in [0.2, 0.25) is 0 Å². The van der Waals surface area contributed by atoms with Gasteiger partial charge in [-0.15, -0.1) is 0 Å². The van der Waals surface area contributed by atoms with Crippen LogP contribution in [0, 0.1) is 0 Å². The third-order valence-corrected chi connectivity index (χ3v) is 5.52. The zero-order chi connectivity index (χ0) is 21.8. The van der Waals surface area contributed by atoms with Gasteiger partial charge in [-0.3, -0.25) is 9.78 Å². The lowest BCUT2D eigenvalue weighted by molar-refractivity contribution is 0.0719. The summed E-state index contributed by atoms with van der Waals surface area (Å²) in [6, 6.07) is 25.9. The molecule has 0 radical (unpaired) electrons. The van der Waals surface area contributed by atoms with E-state index < -0.39 is 0 Å². The van der Waals surface area contributed by atoms with Crippen molar-refractivity contribution in [3.8, 4) is 0 Å². The minimum atomic E-state index is -0.0340. The van der Waals surface area contributed by atoms with Gasteiger partial charge in [0, 0.05) is 42.6 Å². The second-order valence-electron chi connectivity index (χ2n) is 7.78. The Bertz CT molecular complexity index is 1310.